The Morgan fingerprint density at radius 1 is 0.754 bits per heavy atom. The summed E-state index contributed by atoms with van der Waals surface area (Å²) in [6, 6.07) is 19.3. The van der Waals surface area contributed by atoms with E-state index in [4.69, 9.17) is 56.3 Å². The third-order valence-corrected chi connectivity index (χ3v) is 9.72. The number of nitrogens with two attached hydrogens (primary N) is 2. The smallest absolute Gasteiger partial charge is 0.162 e. The monoisotopic (exact) mass is 859 g/mol. The molecule has 4 N–H and O–H groups in total. The molecule has 0 aliphatic heterocycles. The van der Waals surface area contributed by atoms with Gasteiger partial charge in [-0.2, -0.15) is 0 Å². The Balaban J connectivity index is 1.70. The van der Waals surface area contributed by atoms with Crippen molar-refractivity contribution in [1.29, 1.82) is 0 Å². The van der Waals surface area contributed by atoms with Gasteiger partial charge in [0.1, 0.15) is 5.84 Å². The number of aliphatic imine (C=N–C) groups is 2. The first-order valence-electron chi connectivity index (χ1n) is 17.9. The molecule has 0 bridgehead atoms. The lowest BCUT2D eigenvalue weighted by Gasteiger charge is -2.20. The fraction of sp³-hybridized carbons (Fsp3) is 0.0698. The van der Waals surface area contributed by atoms with E-state index in [1.807, 2.05) is 31.2 Å². The number of para-hydroxylation sites is 1. The Morgan fingerprint density at radius 2 is 1.40 bits per heavy atom. The molecule has 0 radical (unpaired) electrons. The molecule has 0 saturated carbocycles. The van der Waals surface area contributed by atoms with Gasteiger partial charge >= 0.3 is 0 Å². The number of alkyl halides is 1. The van der Waals surface area contributed by atoms with E-state index in [1.165, 1.54) is 6.20 Å². The number of allylic oxidation sites excluding steroid dienone is 2. The average Bonchev–Trinajstić information content (AvgIpc) is 3.60. The maximum Gasteiger partial charge on any atom is 0.162 e. The van der Waals surface area contributed by atoms with Crippen molar-refractivity contribution in [1.82, 2.24) is 44.4 Å². The number of amidine groups is 1. The van der Waals surface area contributed by atoms with Crippen molar-refractivity contribution in [2.24, 2.45) is 21.5 Å². The normalized spacial score (nSPS) is 12.8. The lowest BCUT2D eigenvalue weighted by atomic mass is 9.89. The van der Waals surface area contributed by atoms with Crippen molar-refractivity contribution >= 4 is 56.4 Å². The summed E-state index contributed by atoms with van der Waals surface area (Å²) in [5.41, 5.74) is 20.2. The zero-order valence-electron chi connectivity index (χ0n) is 30.6. The fourth-order valence-electron chi connectivity index (χ4n) is 6.94. The maximum absolute atomic E-state index is 7.19. The third kappa shape index (κ3) is 7.13. The zero-order valence-corrected chi connectivity index (χ0v) is 32.8. The minimum absolute atomic E-state index is 0.275. The van der Waals surface area contributed by atoms with Crippen LogP contribution in [0.25, 0.3) is 72.9 Å². The largest absolute Gasteiger partial charge is 0.405 e. The molecule has 14 heteroatoms. The zero-order chi connectivity index (χ0) is 39.1. The van der Waals surface area contributed by atoms with Crippen LogP contribution in [-0.4, -0.2) is 60.9 Å². The lowest BCUT2D eigenvalue weighted by Crippen LogP contribution is -2.18. The summed E-state index contributed by atoms with van der Waals surface area (Å²) < 4.78 is 2.94. The average molecular weight is 860 g/mol. The highest BCUT2D eigenvalue weighted by molar-refractivity contribution is 14.1. The fourth-order valence-corrected chi connectivity index (χ4v) is 7.17. The number of nitrogens with zero attached hydrogens (tertiary/aromatic N) is 11. The summed E-state index contributed by atoms with van der Waals surface area (Å²) >= 11 is 2.27. The van der Waals surface area contributed by atoms with Gasteiger partial charge in [-0.3, -0.25) is 15.0 Å². The second kappa shape index (κ2) is 16.7. The van der Waals surface area contributed by atoms with Gasteiger partial charge in [-0.05, 0) is 67.2 Å². The highest BCUT2D eigenvalue weighted by Gasteiger charge is 2.31. The standard InChI is InChI=1S/C43H34IN13/c1-27(48-15-6-13-45)29-24-30-31-25-32(41-51-16-7-17-52-41)35(42-53-18-8-19-54-42)37(43-55-20-9-21-56-43)39(31)57(28-10-3-2-4-11-28)38(30)36(40(46)50-14-5-12-44)34(29)33-26-47-22-23-49-33/h2-11,13-27H,12,45H2,1H3,(H2,46,50)/b13-6-,14-5-,48-15?. The summed E-state index contributed by atoms with van der Waals surface area (Å²) in [5, 5.41) is 1.70. The van der Waals surface area contributed by atoms with Crippen LogP contribution in [0.3, 0.4) is 0 Å². The second-order valence-corrected chi connectivity index (χ2v) is 13.5. The molecule has 0 saturated heterocycles. The Labute approximate surface area is 341 Å². The molecule has 0 amide bonds. The Morgan fingerprint density at radius 3 is 2.04 bits per heavy atom. The van der Waals surface area contributed by atoms with Crippen LogP contribution in [0, 0.1) is 0 Å². The maximum atomic E-state index is 7.19. The highest BCUT2D eigenvalue weighted by Crippen LogP contribution is 2.49. The molecule has 57 heavy (non-hydrogen) atoms. The van der Waals surface area contributed by atoms with Gasteiger partial charge in [-0.1, -0.05) is 46.9 Å². The molecular formula is C43H34IN13. The molecule has 1 unspecified atom stereocenters. The van der Waals surface area contributed by atoms with E-state index in [9.17, 15) is 0 Å². The first kappa shape index (κ1) is 36.9. The van der Waals surface area contributed by atoms with E-state index in [2.05, 4.69) is 56.4 Å². The van der Waals surface area contributed by atoms with Crippen molar-refractivity contribution in [2.45, 2.75) is 13.0 Å². The molecule has 0 fully saturated rings. The minimum Gasteiger partial charge on any atom is -0.405 e. The molecular weight excluding hydrogens is 825 g/mol. The number of hydrogen-bond donors (Lipinski definition) is 2. The summed E-state index contributed by atoms with van der Waals surface area (Å²) in [6.45, 7) is 2.02. The first-order valence-corrected chi connectivity index (χ1v) is 19.4. The number of hydrogen-bond acceptors (Lipinski definition) is 11. The predicted molar refractivity (Wildman–Crippen MR) is 234 cm³/mol. The van der Waals surface area contributed by atoms with Crippen LogP contribution in [0.5, 0.6) is 0 Å². The van der Waals surface area contributed by atoms with Gasteiger partial charge < -0.3 is 16.0 Å². The van der Waals surface area contributed by atoms with Crippen LogP contribution in [0.4, 0.5) is 0 Å². The summed E-state index contributed by atoms with van der Waals surface area (Å²) in [4.78, 5) is 47.7. The Kier molecular flexibility index (Phi) is 10.8. The quantitative estimate of drug-likeness (QED) is 0.0562. The molecule has 0 spiro atoms. The van der Waals surface area contributed by atoms with Gasteiger partial charge in [0.25, 0.3) is 0 Å². The molecule has 0 aliphatic rings. The van der Waals surface area contributed by atoms with Gasteiger partial charge in [0.05, 0.1) is 40.1 Å². The SMILES string of the molecule is CC(N=C/C=C\N)c1cc2c3cc(-c4ncccn4)c(-c4ncccn4)c(-c4ncccn4)c3n(-c3ccccc3)c2c(C(N)=N/C=C\CI)c1-c1cnccn1. The second-order valence-electron chi connectivity index (χ2n) is 12.6. The number of fused-ring (bicyclic) bond motifs is 3. The minimum atomic E-state index is -0.389. The molecule has 3 aromatic carbocycles. The molecule has 5 heterocycles. The van der Waals surface area contributed by atoms with E-state index in [-0.39, 0.29) is 11.9 Å². The van der Waals surface area contributed by atoms with E-state index >= 15 is 0 Å². The summed E-state index contributed by atoms with van der Waals surface area (Å²) in [5.74, 6) is 1.67. The number of benzene rings is 3. The Bertz CT molecular complexity index is 2790. The first-order chi connectivity index (χ1) is 28.1. The van der Waals surface area contributed by atoms with Crippen molar-refractivity contribution in [2.75, 3.05) is 4.43 Å². The van der Waals surface area contributed by atoms with Crippen LogP contribution in [0.15, 0.2) is 151 Å². The summed E-state index contributed by atoms with van der Waals surface area (Å²) in [6.07, 6.45) is 23.8. The van der Waals surface area contributed by atoms with Gasteiger partial charge in [-0.15, -0.1) is 0 Å². The predicted octanol–water partition coefficient (Wildman–Crippen LogP) is 7.87. The van der Waals surface area contributed by atoms with Crippen molar-refractivity contribution in [3.63, 3.8) is 0 Å². The van der Waals surface area contributed by atoms with Crippen molar-refractivity contribution in [3.05, 3.63) is 152 Å². The molecule has 8 rings (SSSR count). The van der Waals surface area contributed by atoms with Crippen LogP contribution in [0.2, 0.25) is 0 Å². The Hall–Kier alpha value is -7.07. The molecule has 5 aromatic heterocycles. The topological polar surface area (TPSA) is 185 Å². The molecule has 13 nitrogen and oxygen atoms in total. The highest BCUT2D eigenvalue weighted by atomic mass is 127. The van der Waals surface area contributed by atoms with Crippen LogP contribution >= 0.6 is 22.6 Å². The number of rotatable bonds is 11. The van der Waals surface area contributed by atoms with Crippen LogP contribution in [0.1, 0.15) is 24.1 Å². The number of aromatic nitrogens is 9. The van der Waals surface area contributed by atoms with Gasteiger partial charge in [0.15, 0.2) is 17.5 Å². The molecule has 0 aliphatic carbocycles. The van der Waals surface area contributed by atoms with Crippen LogP contribution in [-0.2, 0) is 0 Å². The van der Waals surface area contributed by atoms with Gasteiger partial charge in [0.2, 0.25) is 0 Å². The lowest BCUT2D eigenvalue weighted by molar-refractivity contribution is 0.828. The van der Waals surface area contributed by atoms with Crippen molar-refractivity contribution in [3.8, 4) is 51.1 Å². The third-order valence-electron chi connectivity index (χ3n) is 9.21. The van der Waals surface area contributed by atoms with E-state index in [1.54, 1.807) is 92.5 Å². The van der Waals surface area contributed by atoms with E-state index in [0.29, 0.717) is 45.4 Å². The van der Waals surface area contributed by atoms with E-state index in [0.717, 1.165) is 43.0 Å². The van der Waals surface area contributed by atoms with E-state index < -0.39 is 0 Å². The van der Waals surface area contributed by atoms with Crippen molar-refractivity contribution < 1.29 is 0 Å². The molecule has 278 valence electrons. The molecule has 1 atom stereocenters. The summed E-state index contributed by atoms with van der Waals surface area (Å²) in [7, 11) is 0. The van der Waals surface area contributed by atoms with Crippen LogP contribution < -0.4 is 11.5 Å². The van der Waals surface area contributed by atoms with Gasteiger partial charge in [0, 0.05) is 99.6 Å². The molecule has 8 aromatic rings. The number of halogens is 1. The van der Waals surface area contributed by atoms with Gasteiger partial charge in [-0.25, -0.2) is 34.9 Å².